The summed E-state index contributed by atoms with van der Waals surface area (Å²) < 4.78 is 2.17. The lowest BCUT2D eigenvalue weighted by molar-refractivity contribution is 0.530. The third kappa shape index (κ3) is 10.3. The first-order valence-corrected chi connectivity index (χ1v) is 12.4. The second-order valence-corrected chi connectivity index (χ2v) is 8.72. The van der Waals surface area contributed by atoms with E-state index in [1.54, 1.807) is 0 Å². The van der Waals surface area contributed by atoms with Crippen LogP contribution in [0.1, 0.15) is 110 Å². The highest BCUT2D eigenvalue weighted by Crippen LogP contribution is 2.18. The van der Waals surface area contributed by atoms with Crippen LogP contribution in [-0.4, -0.2) is 15.7 Å². The van der Waals surface area contributed by atoms with Crippen LogP contribution >= 0.6 is 0 Å². The van der Waals surface area contributed by atoms with E-state index in [9.17, 15) is 14.5 Å². The summed E-state index contributed by atoms with van der Waals surface area (Å²) in [5, 5.41) is 5.87. The minimum Gasteiger partial charge on any atom is -0.369 e. The molecule has 7 heteroatoms. The van der Waals surface area contributed by atoms with Crippen LogP contribution < -0.4 is 16.6 Å². The van der Waals surface area contributed by atoms with Gasteiger partial charge in [0.05, 0.1) is 0 Å². The highest BCUT2D eigenvalue weighted by molar-refractivity contribution is 5.59. The van der Waals surface area contributed by atoms with Gasteiger partial charge in [-0.25, -0.2) is 4.79 Å². The van der Waals surface area contributed by atoms with Crippen LogP contribution in [0.5, 0.6) is 0 Å². The maximum atomic E-state index is 12.0. The molecule has 7 nitrogen and oxygen atoms in total. The zero-order valence-electron chi connectivity index (χ0n) is 20.1. The van der Waals surface area contributed by atoms with E-state index in [4.69, 9.17) is 0 Å². The lowest BCUT2D eigenvalue weighted by Crippen LogP contribution is -2.38. The van der Waals surface area contributed by atoms with Crippen LogP contribution in [-0.2, 0) is 14.1 Å². The van der Waals surface area contributed by atoms with E-state index in [0.717, 1.165) is 17.4 Å². The summed E-state index contributed by atoms with van der Waals surface area (Å²) in [5.74, 6) is 0.212. The maximum Gasteiger partial charge on any atom is 0.332 e. The van der Waals surface area contributed by atoms with E-state index in [0.29, 0.717) is 6.54 Å². The molecule has 1 aromatic heterocycles. The van der Waals surface area contributed by atoms with Crippen molar-refractivity contribution in [1.29, 1.82) is 0 Å². The standard InChI is InChI=1S/C24H44N4O3/c1-4-5-6-7-8-9-10-11-12-13-14-15-16-17-18-19-20-25-22-21(26-31)23(29)28(3)24(30)27(22)2/h25H,4-20H2,1-3H3. The van der Waals surface area contributed by atoms with Crippen LogP contribution in [0.25, 0.3) is 0 Å². The fraction of sp³-hybridized carbons (Fsp3) is 0.833. The van der Waals surface area contributed by atoms with E-state index in [2.05, 4.69) is 17.4 Å². The Labute approximate surface area is 187 Å². The summed E-state index contributed by atoms with van der Waals surface area (Å²) in [7, 11) is 2.88. The number of rotatable bonds is 19. The second kappa shape index (κ2) is 16.7. The van der Waals surface area contributed by atoms with E-state index < -0.39 is 11.2 Å². The van der Waals surface area contributed by atoms with Gasteiger partial charge in [-0.2, -0.15) is 0 Å². The van der Waals surface area contributed by atoms with Crippen molar-refractivity contribution in [1.82, 2.24) is 9.13 Å². The Morgan fingerprint density at radius 3 is 1.52 bits per heavy atom. The summed E-state index contributed by atoms with van der Waals surface area (Å²) in [6, 6.07) is 0. The predicted molar refractivity (Wildman–Crippen MR) is 130 cm³/mol. The molecule has 0 unspecified atom stereocenters. The fourth-order valence-electron chi connectivity index (χ4n) is 3.99. The van der Waals surface area contributed by atoms with Crippen molar-refractivity contribution in [2.24, 2.45) is 19.3 Å². The molecule has 0 bridgehead atoms. The molecule has 0 aliphatic carbocycles. The highest BCUT2D eigenvalue weighted by atomic mass is 16.3. The van der Waals surface area contributed by atoms with Gasteiger partial charge in [-0.15, -0.1) is 4.91 Å². The van der Waals surface area contributed by atoms with Crippen LogP contribution in [0.3, 0.4) is 0 Å². The minimum atomic E-state index is -0.660. The maximum absolute atomic E-state index is 12.0. The first-order valence-electron chi connectivity index (χ1n) is 12.4. The zero-order valence-corrected chi connectivity index (χ0v) is 20.1. The minimum absolute atomic E-state index is 0.212. The monoisotopic (exact) mass is 436 g/mol. The number of hydrogen-bond acceptors (Lipinski definition) is 5. The van der Waals surface area contributed by atoms with E-state index in [1.807, 2.05) is 0 Å². The third-order valence-electron chi connectivity index (χ3n) is 6.05. The molecule has 0 fully saturated rings. The van der Waals surface area contributed by atoms with Gasteiger partial charge in [0, 0.05) is 20.6 Å². The molecule has 1 aromatic rings. The van der Waals surface area contributed by atoms with Gasteiger partial charge >= 0.3 is 5.69 Å². The van der Waals surface area contributed by atoms with Crippen LogP contribution in [0.4, 0.5) is 11.5 Å². The zero-order chi connectivity index (χ0) is 22.9. The average molecular weight is 437 g/mol. The number of anilines is 1. The number of nitrogens with one attached hydrogen (secondary N) is 1. The molecule has 1 rings (SSSR count). The molecule has 31 heavy (non-hydrogen) atoms. The van der Waals surface area contributed by atoms with E-state index in [-0.39, 0.29) is 11.5 Å². The van der Waals surface area contributed by atoms with Crippen molar-refractivity contribution >= 4 is 11.5 Å². The molecule has 0 saturated carbocycles. The molecule has 0 saturated heterocycles. The van der Waals surface area contributed by atoms with Crippen molar-refractivity contribution < 1.29 is 0 Å². The van der Waals surface area contributed by atoms with Crippen molar-refractivity contribution in [2.75, 3.05) is 11.9 Å². The summed E-state index contributed by atoms with van der Waals surface area (Å²) in [5.41, 5.74) is -1.36. The molecule has 0 aliphatic heterocycles. The van der Waals surface area contributed by atoms with Crippen molar-refractivity contribution in [3.05, 3.63) is 25.7 Å². The molecule has 0 amide bonds. The van der Waals surface area contributed by atoms with Gasteiger partial charge < -0.3 is 5.32 Å². The SMILES string of the molecule is CCCCCCCCCCCCCCCCCCNc1c(N=O)c(=O)n(C)c(=O)n1C. The van der Waals surface area contributed by atoms with Gasteiger partial charge in [-0.3, -0.25) is 13.9 Å². The van der Waals surface area contributed by atoms with E-state index >= 15 is 0 Å². The number of nitroso groups, excluding NO2 is 1. The second-order valence-electron chi connectivity index (χ2n) is 8.72. The number of hydrogen-bond donors (Lipinski definition) is 1. The van der Waals surface area contributed by atoms with Crippen molar-refractivity contribution in [3.63, 3.8) is 0 Å². The Morgan fingerprint density at radius 2 is 1.10 bits per heavy atom. The Hall–Kier alpha value is -1.92. The van der Waals surface area contributed by atoms with Gasteiger partial charge in [-0.1, -0.05) is 103 Å². The Morgan fingerprint density at radius 1 is 0.677 bits per heavy atom. The smallest absolute Gasteiger partial charge is 0.332 e. The molecule has 1 heterocycles. The number of unbranched alkanes of at least 4 members (excludes halogenated alkanes) is 15. The molecular weight excluding hydrogens is 392 g/mol. The molecule has 1 N–H and O–H groups in total. The first-order chi connectivity index (χ1) is 15.0. The summed E-state index contributed by atoms with van der Waals surface area (Å²) in [6.45, 7) is 2.88. The quantitative estimate of drug-likeness (QED) is 0.208. The van der Waals surface area contributed by atoms with Gasteiger partial charge in [0.15, 0.2) is 0 Å². The van der Waals surface area contributed by atoms with Gasteiger partial charge in [0.1, 0.15) is 5.82 Å². The lowest BCUT2D eigenvalue weighted by Gasteiger charge is -2.13. The molecule has 0 aliphatic rings. The summed E-state index contributed by atoms with van der Waals surface area (Å²) in [4.78, 5) is 35.0. The number of aromatic nitrogens is 2. The predicted octanol–water partition coefficient (Wildman–Crippen LogP) is 6.16. The van der Waals surface area contributed by atoms with Crippen LogP contribution in [0, 0.1) is 4.91 Å². The molecule has 0 radical (unpaired) electrons. The molecule has 0 atom stereocenters. The highest BCUT2D eigenvalue weighted by Gasteiger charge is 2.15. The summed E-state index contributed by atoms with van der Waals surface area (Å²) >= 11 is 0. The molecule has 0 aromatic carbocycles. The molecule has 178 valence electrons. The fourth-order valence-corrected chi connectivity index (χ4v) is 3.99. The average Bonchev–Trinajstić information content (AvgIpc) is 2.77. The van der Waals surface area contributed by atoms with Crippen LogP contribution in [0.2, 0.25) is 0 Å². The number of nitrogens with zero attached hydrogens (tertiary/aromatic N) is 3. The largest absolute Gasteiger partial charge is 0.369 e. The van der Waals surface area contributed by atoms with Gasteiger partial charge in [-0.05, 0) is 11.6 Å². The lowest BCUT2D eigenvalue weighted by atomic mass is 10.0. The summed E-state index contributed by atoms with van der Waals surface area (Å²) in [6.07, 6.45) is 21.0. The van der Waals surface area contributed by atoms with Gasteiger partial charge in [0.25, 0.3) is 5.56 Å². The van der Waals surface area contributed by atoms with Crippen molar-refractivity contribution in [3.8, 4) is 0 Å². The topological polar surface area (TPSA) is 85.5 Å². The van der Waals surface area contributed by atoms with Crippen LogP contribution in [0.15, 0.2) is 14.8 Å². The van der Waals surface area contributed by atoms with Gasteiger partial charge in [0.2, 0.25) is 5.69 Å². The first kappa shape index (κ1) is 27.1. The molecule has 0 spiro atoms. The normalized spacial score (nSPS) is 11.1. The molecular formula is C24H44N4O3. The van der Waals surface area contributed by atoms with E-state index in [1.165, 1.54) is 109 Å². The Balaban J connectivity index is 2.03. The Bertz CT molecular complexity index is 740. The third-order valence-corrected chi connectivity index (χ3v) is 6.05. The Kier molecular flexibility index (Phi) is 14.6. The van der Waals surface area contributed by atoms with Crippen molar-refractivity contribution in [2.45, 2.75) is 110 Å².